The Morgan fingerprint density at radius 2 is 2.08 bits per heavy atom. The topological polar surface area (TPSA) is 47.1 Å². The van der Waals surface area contributed by atoms with Crippen LogP contribution in [0, 0.1) is 5.92 Å². The minimum atomic E-state index is 0.502. The van der Waals surface area contributed by atoms with Gasteiger partial charge >= 0.3 is 0 Å². The zero-order valence-electron chi connectivity index (χ0n) is 14.0. The van der Waals surface area contributed by atoms with Gasteiger partial charge in [0.05, 0.1) is 17.8 Å². The number of nitrogen functional groups attached to an aromatic ring is 1. The largest absolute Gasteiger partial charge is 0.399 e. The van der Waals surface area contributed by atoms with Crippen LogP contribution in [0.4, 0.5) is 5.69 Å². The molecule has 2 fully saturated rings. The van der Waals surface area contributed by atoms with Gasteiger partial charge in [0, 0.05) is 35.2 Å². The minimum absolute atomic E-state index is 0.502. The molecule has 0 spiro atoms. The first-order chi connectivity index (χ1) is 12.2. The second-order valence-electron chi connectivity index (χ2n) is 7.42. The van der Waals surface area contributed by atoms with Crippen LogP contribution in [0.15, 0.2) is 48.7 Å². The molecule has 128 valence electrons. The number of nitrogens with zero attached hydrogens (tertiary/aromatic N) is 3. The van der Waals surface area contributed by atoms with Crippen LogP contribution in [-0.4, -0.2) is 27.3 Å². The molecular formula is C20H21ClN4. The Morgan fingerprint density at radius 3 is 2.88 bits per heavy atom. The third-order valence-electron chi connectivity index (χ3n) is 5.83. The molecule has 0 amide bonds. The van der Waals surface area contributed by atoms with Gasteiger partial charge in [-0.1, -0.05) is 23.7 Å². The molecule has 2 heterocycles. The number of hydrogen-bond acceptors (Lipinski definition) is 3. The predicted molar refractivity (Wildman–Crippen MR) is 102 cm³/mol. The van der Waals surface area contributed by atoms with Crippen LogP contribution in [-0.2, 0) is 6.54 Å². The first-order valence-corrected chi connectivity index (χ1v) is 9.26. The number of benzene rings is 2. The molecule has 3 unspecified atom stereocenters. The van der Waals surface area contributed by atoms with Crippen molar-refractivity contribution < 1.29 is 0 Å². The van der Waals surface area contributed by atoms with Crippen molar-refractivity contribution in [2.75, 3.05) is 12.3 Å². The number of likely N-dealkylation sites (tertiary alicyclic amines) is 1. The van der Waals surface area contributed by atoms with Gasteiger partial charge in [0.1, 0.15) is 0 Å². The van der Waals surface area contributed by atoms with Crippen molar-refractivity contribution in [2.45, 2.75) is 31.5 Å². The van der Waals surface area contributed by atoms with Crippen molar-refractivity contribution in [1.82, 2.24) is 14.7 Å². The van der Waals surface area contributed by atoms with Gasteiger partial charge in [-0.25, -0.2) is 0 Å². The summed E-state index contributed by atoms with van der Waals surface area (Å²) >= 11 is 6.13. The van der Waals surface area contributed by atoms with E-state index >= 15 is 0 Å². The van der Waals surface area contributed by atoms with E-state index in [1.807, 2.05) is 30.5 Å². The molecule has 5 heteroatoms. The molecule has 3 atom stereocenters. The van der Waals surface area contributed by atoms with Crippen LogP contribution in [0.2, 0.25) is 5.02 Å². The van der Waals surface area contributed by atoms with Crippen molar-refractivity contribution in [3.8, 4) is 0 Å². The molecule has 3 aromatic rings. The van der Waals surface area contributed by atoms with Gasteiger partial charge in [-0.3, -0.25) is 9.58 Å². The summed E-state index contributed by atoms with van der Waals surface area (Å²) in [6.45, 7) is 2.13. The Kier molecular flexibility index (Phi) is 3.50. The van der Waals surface area contributed by atoms with Crippen molar-refractivity contribution in [1.29, 1.82) is 0 Å². The van der Waals surface area contributed by atoms with Crippen molar-refractivity contribution in [3.63, 3.8) is 0 Å². The highest BCUT2D eigenvalue weighted by Crippen LogP contribution is 2.46. The molecule has 1 saturated heterocycles. The number of rotatable bonds is 3. The summed E-state index contributed by atoms with van der Waals surface area (Å²) in [5.74, 6) is 0.671. The Morgan fingerprint density at radius 1 is 1.16 bits per heavy atom. The van der Waals surface area contributed by atoms with E-state index in [0.717, 1.165) is 29.2 Å². The number of aromatic nitrogens is 2. The van der Waals surface area contributed by atoms with Crippen LogP contribution < -0.4 is 5.73 Å². The third kappa shape index (κ3) is 2.60. The summed E-state index contributed by atoms with van der Waals surface area (Å²) in [6, 6.07) is 15.5. The van der Waals surface area contributed by atoms with E-state index in [4.69, 9.17) is 17.3 Å². The first-order valence-electron chi connectivity index (χ1n) is 8.88. The number of nitrogens with two attached hydrogens (primary N) is 1. The Balaban J connectivity index is 1.35. The molecule has 1 aromatic heterocycles. The molecule has 1 aliphatic heterocycles. The van der Waals surface area contributed by atoms with E-state index < -0.39 is 0 Å². The van der Waals surface area contributed by atoms with Crippen molar-refractivity contribution >= 4 is 28.2 Å². The predicted octanol–water partition coefficient (Wildman–Crippen LogP) is 4.11. The van der Waals surface area contributed by atoms with Gasteiger partial charge in [-0.15, -0.1) is 0 Å². The fourth-order valence-electron chi connectivity index (χ4n) is 4.72. The Bertz CT molecular complexity index is 934. The molecule has 25 heavy (non-hydrogen) atoms. The van der Waals surface area contributed by atoms with Crippen LogP contribution in [0.1, 0.15) is 24.4 Å². The third-order valence-corrected chi connectivity index (χ3v) is 6.06. The molecular weight excluding hydrogens is 332 g/mol. The molecule has 2 aliphatic rings. The molecule has 2 bridgehead atoms. The number of halogens is 1. The Labute approximate surface area is 152 Å². The average molecular weight is 353 g/mol. The van der Waals surface area contributed by atoms with E-state index in [9.17, 15) is 0 Å². The molecule has 0 radical (unpaired) electrons. The summed E-state index contributed by atoms with van der Waals surface area (Å²) in [4.78, 5) is 2.61. The normalized spacial score (nSPS) is 25.9. The molecule has 1 saturated carbocycles. The number of piperidine rings is 1. The lowest BCUT2D eigenvalue weighted by molar-refractivity contribution is 0.165. The summed E-state index contributed by atoms with van der Waals surface area (Å²) in [7, 11) is 0. The van der Waals surface area contributed by atoms with Gasteiger partial charge in [0.2, 0.25) is 0 Å². The highest BCUT2D eigenvalue weighted by Gasteiger charge is 2.45. The summed E-state index contributed by atoms with van der Waals surface area (Å²) < 4.78 is 2.23. The zero-order chi connectivity index (χ0) is 17.0. The van der Waals surface area contributed by atoms with E-state index in [1.165, 1.54) is 23.9 Å². The Hall–Kier alpha value is -2.04. The van der Waals surface area contributed by atoms with Gasteiger partial charge in [-0.05, 0) is 54.7 Å². The smallest absolute Gasteiger partial charge is 0.0687 e. The summed E-state index contributed by atoms with van der Waals surface area (Å²) in [5, 5.41) is 6.64. The number of fused-ring (bicyclic) bond motifs is 3. The molecule has 5 rings (SSSR count). The molecule has 4 nitrogen and oxygen atoms in total. The second kappa shape index (κ2) is 5.75. The fraction of sp³-hybridized carbons (Fsp3) is 0.350. The molecule has 1 aliphatic carbocycles. The van der Waals surface area contributed by atoms with Crippen LogP contribution in [0.25, 0.3) is 10.9 Å². The average Bonchev–Trinajstić information content (AvgIpc) is 3.27. The summed E-state index contributed by atoms with van der Waals surface area (Å²) in [6.07, 6.45) is 4.38. The lowest BCUT2D eigenvalue weighted by atomic mass is 10.0. The van der Waals surface area contributed by atoms with Gasteiger partial charge < -0.3 is 5.73 Å². The van der Waals surface area contributed by atoms with E-state index in [1.54, 1.807) is 0 Å². The van der Waals surface area contributed by atoms with E-state index in [0.29, 0.717) is 18.0 Å². The lowest BCUT2D eigenvalue weighted by Gasteiger charge is -2.32. The highest BCUT2D eigenvalue weighted by atomic mass is 35.5. The van der Waals surface area contributed by atoms with Crippen LogP contribution in [0.5, 0.6) is 0 Å². The van der Waals surface area contributed by atoms with Crippen molar-refractivity contribution in [3.05, 3.63) is 59.2 Å². The van der Waals surface area contributed by atoms with Crippen LogP contribution >= 0.6 is 11.6 Å². The van der Waals surface area contributed by atoms with E-state index in [2.05, 4.69) is 32.9 Å². The first kappa shape index (κ1) is 15.2. The summed E-state index contributed by atoms with van der Waals surface area (Å²) in [5.41, 5.74) is 9.20. The van der Waals surface area contributed by atoms with Crippen LogP contribution in [0.3, 0.4) is 0 Å². The van der Waals surface area contributed by atoms with Gasteiger partial charge in [0.25, 0.3) is 0 Å². The van der Waals surface area contributed by atoms with Gasteiger partial charge in [0.15, 0.2) is 0 Å². The fourth-order valence-corrected chi connectivity index (χ4v) is 4.93. The highest BCUT2D eigenvalue weighted by molar-refractivity contribution is 6.30. The maximum absolute atomic E-state index is 6.13. The monoisotopic (exact) mass is 352 g/mol. The van der Waals surface area contributed by atoms with E-state index in [-0.39, 0.29) is 0 Å². The maximum atomic E-state index is 6.13. The maximum Gasteiger partial charge on any atom is 0.0687 e. The molecule has 2 N–H and O–H groups in total. The molecule has 2 aromatic carbocycles. The second-order valence-corrected chi connectivity index (χ2v) is 7.86. The SMILES string of the molecule is Nc1ccc2c(cnn2C2CC3CC2CN3Cc2cccc(Cl)c2)c1. The standard InChI is InChI=1S/C20H21ClN4/c21-16-3-1-2-13(6-16)11-24-12-15-8-18(24)9-20(15)25-19-5-4-17(22)7-14(19)10-23-25/h1-7,10,15,18,20H,8-9,11-12,22H2. The lowest BCUT2D eigenvalue weighted by Crippen LogP contribution is -2.36. The van der Waals surface area contributed by atoms with Crippen molar-refractivity contribution in [2.24, 2.45) is 5.92 Å². The quantitative estimate of drug-likeness (QED) is 0.722. The minimum Gasteiger partial charge on any atom is -0.399 e. The zero-order valence-corrected chi connectivity index (χ0v) is 14.7. The number of anilines is 1. The van der Waals surface area contributed by atoms with Gasteiger partial charge in [-0.2, -0.15) is 5.10 Å². The number of hydrogen-bond donors (Lipinski definition) is 1.